The second-order valence-corrected chi connectivity index (χ2v) is 6.55. The molecule has 23 heavy (non-hydrogen) atoms. The second-order valence-electron chi connectivity index (χ2n) is 6.55. The lowest BCUT2D eigenvalue weighted by Crippen LogP contribution is -2.08. The third kappa shape index (κ3) is 4.01. The van der Waals surface area contributed by atoms with Crippen LogP contribution in [0.2, 0.25) is 0 Å². The van der Waals surface area contributed by atoms with Crippen LogP contribution in [0.25, 0.3) is 6.08 Å². The third-order valence-corrected chi connectivity index (χ3v) is 4.74. The highest BCUT2D eigenvalue weighted by atomic mass is 16.5. The molecule has 1 aromatic rings. The fourth-order valence-electron chi connectivity index (χ4n) is 3.37. The summed E-state index contributed by atoms with van der Waals surface area (Å²) < 4.78 is 5.88. The van der Waals surface area contributed by atoms with Crippen molar-refractivity contribution in [2.24, 2.45) is 0 Å². The molecule has 1 aliphatic heterocycles. The van der Waals surface area contributed by atoms with Crippen LogP contribution in [-0.2, 0) is 0 Å². The Morgan fingerprint density at radius 1 is 1.22 bits per heavy atom. The van der Waals surface area contributed by atoms with Crippen LogP contribution in [0.4, 0.5) is 0 Å². The molecule has 1 saturated carbocycles. The van der Waals surface area contributed by atoms with Gasteiger partial charge >= 0.3 is 0 Å². The van der Waals surface area contributed by atoms with Gasteiger partial charge in [-0.25, -0.2) is 0 Å². The van der Waals surface area contributed by atoms with E-state index in [9.17, 15) is 0 Å². The Balaban J connectivity index is 1.79. The summed E-state index contributed by atoms with van der Waals surface area (Å²) in [5.41, 5.74) is 4.78. The highest BCUT2D eigenvalue weighted by Gasteiger charge is 2.18. The van der Waals surface area contributed by atoms with E-state index in [-0.39, 0.29) is 0 Å². The smallest absolute Gasteiger partial charge is 0.127 e. The highest BCUT2D eigenvalue weighted by molar-refractivity contribution is 5.75. The molecule has 2 nitrogen and oxygen atoms in total. The molecule has 120 valence electrons. The van der Waals surface area contributed by atoms with E-state index >= 15 is 0 Å². The van der Waals surface area contributed by atoms with Crippen molar-refractivity contribution in [2.45, 2.75) is 44.9 Å². The van der Waals surface area contributed by atoms with Gasteiger partial charge in [0.1, 0.15) is 12.4 Å². The lowest BCUT2D eigenvalue weighted by atomic mass is 9.83. The Morgan fingerprint density at radius 2 is 2.04 bits per heavy atom. The van der Waals surface area contributed by atoms with Crippen molar-refractivity contribution in [1.29, 1.82) is 5.41 Å². The molecular weight excluding hydrogens is 282 g/mol. The van der Waals surface area contributed by atoms with Crippen LogP contribution in [0.15, 0.2) is 47.6 Å². The highest BCUT2D eigenvalue weighted by Crippen LogP contribution is 2.36. The largest absolute Gasteiger partial charge is 0.488 e. The zero-order valence-corrected chi connectivity index (χ0v) is 13.8. The Kier molecular flexibility index (Phi) is 5.12. The molecule has 1 aromatic carbocycles. The number of hydrogen-bond donors (Lipinski definition) is 1. The maximum atomic E-state index is 7.18. The second kappa shape index (κ2) is 7.45. The van der Waals surface area contributed by atoms with Gasteiger partial charge < -0.3 is 10.1 Å². The van der Waals surface area contributed by atoms with E-state index in [1.54, 1.807) is 0 Å². The average Bonchev–Trinajstić information content (AvgIpc) is 2.61. The van der Waals surface area contributed by atoms with Crippen LogP contribution in [0.3, 0.4) is 0 Å². The molecular formula is C21H25NO. The number of nitrogens with one attached hydrogen (secondary N) is 1. The molecule has 0 atom stereocenters. The van der Waals surface area contributed by atoms with Crippen LogP contribution in [0.1, 0.15) is 56.1 Å². The predicted molar refractivity (Wildman–Crippen MR) is 97.4 cm³/mol. The Hall–Kier alpha value is -2.09. The Bertz CT molecular complexity index is 660. The van der Waals surface area contributed by atoms with Crippen molar-refractivity contribution in [2.75, 3.05) is 6.61 Å². The van der Waals surface area contributed by atoms with Gasteiger partial charge in [0, 0.05) is 11.8 Å². The number of hydrogen-bond acceptors (Lipinski definition) is 2. The molecule has 2 heteroatoms. The van der Waals surface area contributed by atoms with E-state index < -0.39 is 0 Å². The first kappa shape index (κ1) is 15.8. The van der Waals surface area contributed by atoms with Crippen molar-refractivity contribution in [3.05, 3.63) is 58.7 Å². The molecule has 0 unspecified atom stereocenters. The van der Waals surface area contributed by atoms with E-state index in [0.717, 1.165) is 17.2 Å². The molecule has 1 N–H and O–H groups in total. The lowest BCUT2D eigenvalue weighted by Gasteiger charge is -2.24. The van der Waals surface area contributed by atoms with Gasteiger partial charge in [-0.1, -0.05) is 43.6 Å². The van der Waals surface area contributed by atoms with Crippen molar-refractivity contribution in [1.82, 2.24) is 0 Å². The molecule has 0 bridgehead atoms. The molecule has 0 spiro atoms. The average molecular weight is 307 g/mol. The number of allylic oxidation sites excluding steroid dienone is 3. The zero-order chi connectivity index (χ0) is 16.1. The molecule has 0 aromatic heterocycles. The summed E-state index contributed by atoms with van der Waals surface area (Å²) in [5, 5.41) is 7.18. The summed E-state index contributed by atoms with van der Waals surface area (Å²) in [5.74, 6) is 1.72. The first-order valence-corrected chi connectivity index (χ1v) is 8.59. The minimum Gasteiger partial charge on any atom is -0.488 e. The van der Waals surface area contributed by atoms with Gasteiger partial charge in [-0.15, -0.1) is 0 Å². The summed E-state index contributed by atoms with van der Waals surface area (Å²) in [6.07, 6.45) is 16.4. The van der Waals surface area contributed by atoms with Gasteiger partial charge in [-0.05, 0) is 60.6 Å². The van der Waals surface area contributed by atoms with Gasteiger partial charge in [0.15, 0.2) is 0 Å². The van der Waals surface area contributed by atoms with E-state index in [1.807, 2.05) is 19.1 Å². The normalized spacial score (nSPS) is 19.2. The van der Waals surface area contributed by atoms with E-state index in [2.05, 4.69) is 30.4 Å². The first-order chi connectivity index (χ1) is 11.3. The maximum absolute atomic E-state index is 7.18. The van der Waals surface area contributed by atoms with Crippen LogP contribution in [0.5, 0.6) is 5.75 Å². The zero-order valence-electron chi connectivity index (χ0n) is 13.8. The summed E-state index contributed by atoms with van der Waals surface area (Å²) in [6, 6.07) is 6.70. The van der Waals surface area contributed by atoms with E-state index in [1.165, 1.54) is 55.0 Å². The van der Waals surface area contributed by atoms with Crippen molar-refractivity contribution < 1.29 is 4.74 Å². The number of fused-ring (bicyclic) bond motifs is 1. The van der Waals surface area contributed by atoms with E-state index in [0.29, 0.717) is 6.61 Å². The number of benzene rings is 1. The minimum absolute atomic E-state index is 0.615. The van der Waals surface area contributed by atoms with Crippen molar-refractivity contribution >= 4 is 12.3 Å². The summed E-state index contributed by atoms with van der Waals surface area (Å²) in [4.78, 5) is 0. The first-order valence-electron chi connectivity index (χ1n) is 8.59. The van der Waals surface area contributed by atoms with E-state index in [4.69, 9.17) is 10.1 Å². The van der Waals surface area contributed by atoms with Gasteiger partial charge in [-0.3, -0.25) is 0 Å². The molecule has 1 aliphatic carbocycles. The number of rotatable bonds is 4. The van der Waals surface area contributed by atoms with Crippen LogP contribution in [-0.4, -0.2) is 12.8 Å². The van der Waals surface area contributed by atoms with Crippen molar-refractivity contribution in [3.63, 3.8) is 0 Å². The van der Waals surface area contributed by atoms with Crippen LogP contribution < -0.4 is 4.74 Å². The Labute approximate surface area is 139 Å². The fraction of sp³-hybridized carbons (Fsp3) is 0.381. The van der Waals surface area contributed by atoms with Gasteiger partial charge in [0.2, 0.25) is 0 Å². The maximum Gasteiger partial charge on any atom is 0.127 e. The van der Waals surface area contributed by atoms with Crippen LogP contribution >= 0.6 is 0 Å². The standard InChI is InChI=1S/C21H25NO/c1-16(14-22)6-5-7-17-12-20-13-19(10-11-21(20)23-15-17)18-8-3-2-4-9-18/h5-7,10-14,18,22H,2-4,8-9,15H2,1H3/b7-5+,16-6-,22-14?. The molecule has 1 fully saturated rings. The SMILES string of the molecule is C/C(C=N)=C/C=C/C1=Cc2cc(C3CCCCC3)ccc2OC1. The number of ether oxygens (including phenoxy) is 1. The molecule has 0 amide bonds. The van der Waals surface area contributed by atoms with Gasteiger partial charge in [0.25, 0.3) is 0 Å². The predicted octanol–water partition coefficient (Wildman–Crippen LogP) is 5.66. The fourth-order valence-corrected chi connectivity index (χ4v) is 3.37. The molecule has 3 rings (SSSR count). The quantitative estimate of drug-likeness (QED) is 0.565. The summed E-state index contributed by atoms with van der Waals surface area (Å²) in [7, 11) is 0. The van der Waals surface area contributed by atoms with Gasteiger partial charge in [0.05, 0.1) is 0 Å². The third-order valence-electron chi connectivity index (χ3n) is 4.74. The summed E-state index contributed by atoms with van der Waals surface area (Å²) >= 11 is 0. The lowest BCUT2D eigenvalue weighted by molar-refractivity contribution is 0.350. The molecule has 2 aliphatic rings. The molecule has 1 heterocycles. The molecule has 0 radical (unpaired) electrons. The minimum atomic E-state index is 0.615. The Morgan fingerprint density at radius 3 is 2.83 bits per heavy atom. The van der Waals surface area contributed by atoms with Crippen LogP contribution in [0, 0.1) is 5.41 Å². The summed E-state index contributed by atoms with van der Waals surface area (Å²) in [6.45, 7) is 2.54. The van der Waals surface area contributed by atoms with Crippen molar-refractivity contribution in [3.8, 4) is 5.75 Å². The monoisotopic (exact) mass is 307 g/mol. The van der Waals surface area contributed by atoms with Gasteiger partial charge in [-0.2, -0.15) is 0 Å². The molecule has 0 saturated heterocycles. The topological polar surface area (TPSA) is 33.1 Å².